The van der Waals surface area contributed by atoms with Gasteiger partial charge in [0.1, 0.15) is 18.3 Å². The van der Waals surface area contributed by atoms with Crippen LogP contribution in [0, 0.1) is 0 Å². The molecule has 0 aromatic heterocycles. The van der Waals surface area contributed by atoms with E-state index in [1.807, 2.05) is 6.26 Å². The number of benzene rings is 3. The quantitative estimate of drug-likeness (QED) is 0.200. The first-order valence-electron chi connectivity index (χ1n) is 14.5. The predicted molar refractivity (Wildman–Crippen MR) is 177 cm³/mol. The van der Waals surface area contributed by atoms with Crippen molar-refractivity contribution in [3.05, 3.63) is 82.3 Å². The summed E-state index contributed by atoms with van der Waals surface area (Å²) >= 11 is 14.1. The van der Waals surface area contributed by atoms with Gasteiger partial charge in [-0.25, -0.2) is 8.42 Å². The molecule has 1 aliphatic rings. The van der Waals surface area contributed by atoms with Crippen molar-refractivity contribution in [1.82, 2.24) is 10.2 Å². The molecule has 0 heterocycles. The Morgan fingerprint density at radius 2 is 1.73 bits per heavy atom. The summed E-state index contributed by atoms with van der Waals surface area (Å²) in [6, 6.07) is 17.2. The van der Waals surface area contributed by atoms with Gasteiger partial charge >= 0.3 is 0 Å². The third-order valence-electron chi connectivity index (χ3n) is 7.58. The first kappa shape index (κ1) is 34.0. The van der Waals surface area contributed by atoms with Crippen molar-refractivity contribution in [1.29, 1.82) is 0 Å². The molecule has 3 aromatic carbocycles. The molecule has 1 atom stereocenters. The van der Waals surface area contributed by atoms with Crippen LogP contribution < -0.4 is 14.4 Å². The van der Waals surface area contributed by atoms with E-state index in [0.717, 1.165) is 34.9 Å². The molecule has 1 saturated carbocycles. The third kappa shape index (κ3) is 8.21. The molecule has 0 saturated heterocycles. The Kier molecular flexibility index (Phi) is 11.9. The maximum absolute atomic E-state index is 14.3. The summed E-state index contributed by atoms with van der Waals surface area (Å²) in [5.74, 6) is -0.584. The van der Waals surface area contributed by atoms with Crippen LogP contribution in [-0.2, 0) is 26.2 Å². The summed E-state index contributed by atoms with van der Waals surface area (Å²) in [5.41, 5.74) is 0.783. The molecule has 3 aromatic rings. The lowest BCUT2D eigenvalue weighted by molar-refractivity contribution is -0.139. The molecule has 1 N–H and O–H groups in total. The first-order valence-corrected chi connectivity index (χ1v) is 17.9. The normalized spacial score (nSPS) is 14.2. The first-order chi connectivity index (χ1) is 21.0. The largest absolute Gasteiger partial charge is 0.492 e. The second kappa shape index (κ2) is 15.4. The number of anilines is 1. The minimum atomic E-state index is -4.25. The summed E-state index contributed by atoms with van der Waals surface area (Å²) in [6.07, 6.45) is 5.73. The molecule has 8 nitrogen and oxygen atoms in total. The van der Waals surface area contributed by atoms with Crippen LogP contribution in [0.3, 0.4) is 0 Å². The number of para-hydroxylation sites is 2. The number of hydrogen-bond donors (Lipinski definition) is 1. The minimum absolute atomic E-state index is 0.0220. The molecule has 4 rings (SSSR count). The maximum Gasteiger partial charge on any atom is 0.264 e. The molecule has 2 amide bonds. The number of nitrogens with one attached hydrogen (secondary N) is 1. The zero-order chi connectivity index (χ0) is 31.9. The summed E-state index contributed by atoms with van der Waals surface area (Å²) in [4.78, 5) is 30.0. The van der Waals surface area contributed by atoms with E-state index in [-0.39, 0.29) is 29.1 Å². The number of amides is 2. The van der Waals surface area contributed by atoms with Crippen molar-refractivity contribution >= 4 is 62.5 Å². The van der Waals surface area contributed by atoms with Crippen molar-refractivity contribution in [3.8, 4) is 5.75 Å². The maximum atomic E-state index is 14.3. The number of sulfonamides is 1. The average molecular weight is 679 g/mol. The van der Waals surface area contributed by atoms with Crippen LogP contribution in [0.15, 0.2) is 76.5 Å². The van der Waals surface area contributed by atoms with Gasteiger partial charge in [0.25, 0.3) is 10.0 Å². The molecule has 0 bridgehead atoms. The lowest BCUT2D eigenvalue weighted by Crippen LogP contribution is -2.52. The van der Waals surface area contributed by atoms with Gasteiger partial charge in [-0.1, -0.05) is 54.2 Å². The van der Waals surface area contributed by atoms with Gasteiger partial charge in [-0.3, -0.25) is 13.9 Å². The number of carbonyl (C=O) groups excluding carboxylic acids is 2. The van der Waals surface area contributed by atoms with Crippen LogP contribution in [0.4, 0.5) is 5.69 Å². The highest BCUT2D eigenvalue weighted by molar-refractivity contribution is 7.98. The predicted octanol–water partition coefficient (Wildman–Crippen LogP) is 6.79. The van der Waals surface area contributed by atoms with Gasteiger partial charge in [-0.15, -0.1) is 11.8 Å². The zero-order valence-electron chi connectivity index (χ0n) is 25.0. The molecule has 44 heavy (non-hydrogen) atoms. The Bertz CT molecular complexity index is 1560. The molecular formula is C32H37Cl2N3O5S2. The number of ether oxygens (including phenoxy) is 1. The van der Waals surface area contributed by atoms with Crippen molar-refractivity contribution < 1.29 is 22.7 Å². The van der Waals surface area contributed by atoms with Crippen molar-refractivity contribution in [3.63, 3.8) is 0 Å². The average Bonchev–Trinajstić information content (AvgIpc) is 3.52. The van der Waals surface area contributed by atoms with Crippen LogP contribution in [0.25, 0.3) is 0 Å². The van der Waals surface area contributed by atoms with Gasteiger partial charge in [0.2, 0.25) is 11.8 Å². The van der Waals surface area contributed by atoms with Crippen LogP contribution in [0.1, 0.15) is 45.1 Å². The van der Waals surface area contributed by atoms with Gasteiger partial charge in [-0.2, -0.15) is 0 Å². The van der Waals surface area contributed by atoms with E-state index in [4.69, 9.17) is 27.9 Å². The monoisotopic (exact) mass is 677 g/mol. The highest BCUT2D eigenvalue weighted by Crippen LogP contribution is 2.33. The number of rotatable bonds is 13. The molecule has 1 fully saturated rings. The van der Waals surface area contributed by atoms with Crippen molar-refractivity contribution in [2.75, 3.05) is 23.7 Å². The fourth-order valence-electron chi connectivity index (χ4n) is 5.14. The number of hydrogen-bond acceptors (Lipinski definition) is 6. The molecule has 12 heteroatoms. The van der Waals surface area contributed by atoms with E-state index in [2.05, 4.69) is 5.32 Å². The Labute approximate surface area is 274 Å². The third-order valence-corrected chi connectivity index (χ3v) is 10.7. The molecule has 1 aliphatic carbocycles. The van der Waals surface area contributed by atoms with Gasteiger partial charge in [0.15, 0.2) is 0 Å². The summed E-state index contributed by atoms with van der Waals surface area (Å²) in [5, 5.41) is 3.82. The lowest BCUT2D eigenvalue weighted by Gasteiger charge is -2.33. The zero-order valence-corrected chi connectivity index (χ0v) is 28.1. The molecule has 0 spiro atoms. The lowest BCUT2D eigenvalue weighted by atomic mass is 10.1. The Morgan fingerprint density at radius 1 is 1.05 bits per heavy atom. The fraction of sp³-hybridized carbons (Fsp3) is 0.375. The molecule has 0 unspecified atom stereocenters. The number of thioether (sulfide) groups is 1. The van der Waals surface area contributed by atoms with E-state index in [0.29, 0.717) is 28.0 Å². The molecular weight excluding hydrogens is 641 g/mol. The van der Waals surface area contributed by atoms with Gasteiger partial charge in [0.05, 0.1) is 17.2 Å². The van der Waals surface area contributed by atoms with Crippen LogP contribution in [-0.4, -0.2) is 56.6 Å². The van der Waals surface area contributed by atoms with Crippen LogP contribution in [0.2, 0.25) is 10.0 Å². The SMILES string of the molecule is CCOc1ccccc1N(CC(=O)N(Cc1ccc(Cl)cc1Cl)[C@@H](C)C(=O)NC1CCCC1)S(=O)(=O)c1ccc(SC)cc1. The Morgan fingerprint density at radius 3 is 2.36 bits per heavy atom. The molecule has 0 radical (unpaired) electrons. The van der Waals surface area contributed by atoms with E-state index in [9.17, 15) is 18.0 Å². The van der Waals surface area contributed by atoms with E-state index >= 15 is 0 Å². The van der Waals surface area contributed by atoms with E-state index < -0.39 is 28.5 Å². The standard InChI is InChI=1S/C32H37Cl2N3O5S2/c1-4-42-30-12-8-7-11-29(30)37(44(40,41)27-17-15-26(43-3)16-18-27)21-31(38)36(20-23-13-14-24(33)19-28(23)34)22(2)32(39)35-25-9-5-6-10-25/h7-8,11-19,22,25H,4-6,9-10,20-21H2,1-3H3,(H,35,39)/t22-/m0/s1. The highest BCUT2D eigenvalue weighted by Gasteiger charge is 2.34. The molecule has 236 valence electrons. The van der Waals surface area contributed by atoms with Gasteiger partial charge in [-0.05, 0) is 87.0 Å². The summed E-state index contributed by atoms with van der Waals surface area (Å²) in [6.45, 7) is 3.12. The number of carbonyl (C=O) groups is 2. The smallest absolute Gasteiger partial charge is 0.264 e. The van der Waals surface area contributed by atoms with Crippen LogP contribution >= 0.6 is 35.0 Å². The minimum Gasteiger partial charge on any atom is -0.492 e. The number of halogens is 2. The highest BCUT2D eigenvalue weighted by atomic mass is 35.5. The number of nitrogens with zero attached hydrogens (tertiary/aromatic N) is 2. The van der Waals surface area contributed by atoms with Gasteiger partial charge in [0, 0.05) is 27.5 Å². The van der Waals surface area contributed by atoms with Gasteiger partial charge < -0.3 is 15.0 Å². The van der Waals surface area contributed by atoms with E-state index in [1.165, 1.54) is 28.8 Å². The van der Waals surface area contributed by atoms with Crippen molar-refractivity contribution in [2.24, 2.45) is 0 Å². The molecule has 0 aliphatic heterocycles. The van der Waals surface area contributed by atoms with Crippen molar-refractivity contribution in [2.45, 2.75) is 68.0 Å². The van der Waals surface area contributed by atoms with Crippen LogP contribution in [0.5, 0.6) is 5.75 Å². The summed E-state index contributed by atoms with van der Waals surface area (Å²) < 4.78 is 35.2. The summed E-state index contributed by atoms with van der Waals surface area (Å²) in [7, 11) is -4.25. The Balaban J connectivity index is 1.74. The van der Waals surface area contributed by atoms with E-state index in [1.54, 1.807) is 68.4 Å². The fourth-order valence-corrected chi connectivity index (χ4v) is 7.44. The topological polar surface area (TPSA) is 96.0 Å². The second-order valence-corrected chi connectivity index (χ2v) is 14.1. The Hall–Kier alpha value is -2.92. The second-order valence-electron chi connectivity index (χ2n) is 10.5.